The van der Waals surface area contributed by atoms with Gasteiger partial charge < -0.3 is 4.57 Å². The van der Waals surface area contributed by atoms with Crippen LogP contribution in [0.25, 0.3) is 11.1 Å². The van der Waals surface area contributed by atoms with Crippen LogP contribution in [0.4, 0.5) is 0 Å². The quantitative estimate of drug-likeness (QED) is 0.586. The first-order valence-corrected chi connectivity index (χ1v) is 9.48. The molecule has 3 aromatic carbocycles. The number of rotatable bonds is 1. The molecule has 4 rings (SSSR count). The fraction of sp³-hybridized carbons (Fsp3) is 0.0526. The van der Waals surface area contributed by atoms with E-state index in [2.05, 4.69) is 6.07 Å². The van der Waals surface area contributed by atoms with Gasteiger partial charge in [0.15, 0.2) is 0 Å². The van der Waals surface area contributed by atoms with Crippen LogP contribution < -0.4 is 10.6 Å². The Bertz CT molecular complexity index is 902. The van der Waals surface area contributed by atoms with Crippen LogP contribution in [0.5, 0.6) is 0 Å². The zero-order chi connectivity index (χ0) is 15.2. The first-order chi connectivity index (χ1) is 10.7. The topological polar surface area (TPSA) is 17.1 Å². The van der Waals surface area contributed by atoms with Gasteiger partial charge in [0.1, 0.15) is 7.14 Å². The summed E-state index contributed by atoms with van der Waals surface area (Å²) in [6.45, 7) is 0. The van der Waals surface area contributed by atoms with Crippen molar-refractivity contribution in [2.24, 2.45) is 0 Å². The van der Waals surface area contributed by atoms with Gasteiger partial charge in [0, 0.05) is 21.8 Å². The molecule has 0 spiro atoms. The van der Waals surface area contributed by atoms with E-state index in [4.69, 9.17) is 11.6 Å². The largest absolute Gasteiger partial charge is 0.313 e. The molecule has 3 aromatic rings. The first kappa shape index (κ1) is 13.8. The molecule has 108 valence electrons. The zero-order valence-electron chi connectivity index (χ0n) is 11.9. The van der Waals surface area contributed by atoms with E-state index in [0.717, 1.165) is 27.3 Å². The second-order valence-corrected chi connectivity index (χ2v) is 8.78. The summed E-state index contributed by atoms with van der Waals surface area (Å²) >= 11 is 6.15. The Balaban J connectivity index is 2.03. The lowest BCUT2D eigenvalue weighted by molar-refractivity contribution is 0.586. The Morgan fingerprint density at radius 1 is 0.818 bits per heavy atom. The number of hydrogen-bond acceptors (Lipinski definition) is 1. The molecule has 0 bridgehead atoms. The van der Waals surface area contributed by atoms with Crippen molar-refractivity contribution in [3.8, 4) is 11.1 Å². The molecule has 0 aromatic heterocycles. The van der Waals surface area contributed by atoms with E-state index in [9.17, 15) is 4.57 Å². The molecule has 1 nitrogen and oxygen atoms in total. The predicted molar refractivity (Wildman–Crippen MR) is 93.9 cm³/mol. The molecule has 0 amide bonds. The van der Waals surface area contributed by atoms with Gasteiger partial charge in [-0.1, -0.05) is 72.3 Å². The summed E-state index contributed by atoms with van der Waals surface area (Å²) < 4.78 is 13.9. The van der Waals surface area contributed by atoms with Crippen LogP contribution in [-0.2, 0) is 10.7 Å². The molecule has 0 N–H and O–H groups in total. The molecular formula is C19H14ClOP. The molecule has 1 aliphatic rings. The molecule has 1 heterocycles. The maximum Gasteiger partial charge on any atom is 0.148 e. The third-order valence-corrected chi connectivity index (χ3v) is 7.54. The Morgan fingerprint density at radius 2 is 1.55 bits per heavy atom. The summed E-state index contributed by atoms with van der Waals surface area (Å²) in [6.07, 6.45) is 0.532. The van der Waals surface area contributed by atoms with E-state index in [0.29, 0.717) is 11.2 Å². The summed E-state index contributed by atoms with van der Waals surface area (Å²) in [5, 5.41) is 2.56. The minimum Gasteiger partial charge on any atom is -0.313 e. The van der Waals surface area contributed by atoms with Crippen molar-refractivity contribution in [1.82, 2.24) is 0 Å². The van der Waals surface area contributed by atoms with Crippen molar-refractivity contribution >= 4 is 29.4 Å². The fourth-order valence-corrected chi connectivity index (χ4v) is 6.33. The van der Waals surface area contributed by atoms with E-state index in [-0.39, 0.29) is 0 Å². The van der Waals surface area contributed by atoms with Gasteiger partial charge in [-0.05, 0) is 28.8 Å². The highest BCUT2D eigenvalue weighted by Crippen LogP contribution is 2.54. The number of hydrogen-bond donors (Lipinski definition) is 0. The Morgan fingerprint density at radius 3 is 2.36 bits per heavy atom. The average Bonchev–Trinajstić information content (AvgIpc) is 2.56. The molecule has 3 heteroatoms. The van der Waals surface area contributed by atoms with Gasteiger partial charge in [-0.2, -0.15) is 0 Å². The van der Waals surface area contributed by atoms with Crippen LogP contribution in [0.2, 0.25) is 5.02 Å². The van der Waals surface area contributed by atoms with Gasteiger partial charge in [0.25, 0.3) is 0 Å². The van der Waals surface area contributed by atoms with Crippen LogP contribution in [-0.4, -0.2) is 0 Å². The number of fused-ring (bicyclic) bond motifs is 3. The van der Waals surface area contributed by atoms with Crippen LogP contribution >= 0.6 is 18.7 Å². The van der Waals surface area contributed by atoms with Crippen LogP contribution in [0, 0.1) is 0 Å². The lowest BCUT2D eigenvalue weighted by Crippen LogP contribution is -2.23. The fourth-order valence-electron chi connectivity index (χ4n) is 3.20. The van der Waals surface area contributed by atoms with Gasteiger partial charge in [-0.15, -0.1) is 0 Å². The van der Waals surface area contributed by atoms with Crippen molar-refractivity contribution in [3.63, 3.8) is 0 Å². The Kier molecular flexibility index (Phi) is 3.22. The van der Waals surface area contributed by atoms with Crippen LogP contribution in [0.3, 0.4) is 0 Å². The SMILES string of the molecule is O=P1(c2ccccc2)Cc2cc(Cl)ccc2-c2ccccc21. The van der Waals surface area contributed by atoms with Gasteiger partial charge in [-0.3, -0.25) is 0 Å². The molecule has 22 heavy (non-hydrogen) atoms. The van der Waals surface area contributed by atoms with E-state index >= 15 is 0 Å². The Labute approximate surface area is 134 Å². The van der Waals surface area contributed by atoms with Crippen molar-refractivity contribution in [2.45, 2.75) is 6.16 Å². The molecule has 0 fully saturated rings. The third-order valence-electron chi connectivity index (χ3n) is 4.22. The molecule has 0 saturated heterocycles. The monoisotopic (exact) mass is 324 g/mol. The number of benzene rings is 3. The van der Waals surface area contributed by atoms with Crippen molar-refractivity contribution < 1.29 is 4.57 Å². The van der Waals surface area contributed by atoms with Gasteiger partial charge in [0.2, 0.25) is 0 Å². The van der Waals surface area contributed by atoms with Gasteiger partial charge in [-0.25, -0.2) is 0 Å². The maximum absolute atomic E-state index is 13.9. The lowest BCUT2D eigenvalue weighted by Gasteiger charge is -2.28. The van der Waals surface area contributed by atoms with Crippen LogP contribution in [0.15, 0.2) is 72.8 Å². The maximum atomic E-state index is 13.9. The van der Waals surface area contributed by atoms with E-state index < -0.39 is 7.14 Å². The summed E-state index contributed by atoms with van der Waals surface area (Å²) in [4.78, 5) is 0. The van der Waals surface area contributed by atoms with Crippen LogP contribution in [0.1, 0.15) is 5.56 Å². The van der Waals surface area contributed by atoms with Crippen molar-refractivity contribution in [3.05, 3.63) is 83.4 Å². The smallest absolute Gasteiger partial charge is 0.148 e. The standard InChI is InChI=1S/C19H14ClOP/c20-15-10-11-17-14(12-15)13-22(21,16-6-2-1-3-7-16)19-9-5-4-8-18(17)19/h1-12H,13H2. The molecular weight excluding hydrogens is 311 g/mol. The Hall–Kier alpha value is -1.82. The second kappa shape index (κ2) is 5.12. The highest BCUT2D eigenvalue weighted by atomic mass is 35.5. The highest BCUT2D eigenvalue weighted by molar-refractivity contribution is 7.78. The summed E-state index contributed by atoms with van der Waals surface area (Å²) in [7, 11) is -2.67. The normalized spacial score (nSPS) is 19.3. The first-order valence-electron chi connectivity index (χ1n) is 7.21. The molecule has 0 radical (unpaired) electrons. The molecule has 1 unspecified atom stereocenters. The van der Waals surface area contributed by atoms with E-state index in [1.165, 1.54) is 0 Å². The molecule has 0 saturated carbocycles. The van der Waals surface area contributed by atoms with Crippen molar-refractivity contribution in [1.29, 1.82) is 0 Å². The highest BCUT2D eigenvalue weighted by Gasteiger charge is 2.35. The summed E-state index contributed by atoms with van der Waals surface area (Å²) in [6, 6.07) is 23.7. The molecule has 0 aliphatic carbocycles. The van der Waals surface area contributed by atoms with E-state index in [1.54, 1.807) is 0 Å². The zero-order valence-corrected chi connectivity index (χ0v) is 13.5. The second-order valence-electron chi connectivity index (χ2n) is 5.55. The summed E-state index contributed by atoms with van der Waals surface area (Å²) in [5.74, 6) is 0. The molecule has 1 atom stereocenters. The van der Waals surface area contributed by atoms with Crippen molar-refractivity contribution in [2.75, 3.05) is 0 Å². The average molecular weight is 325 g/mol. The third kappa shape index (κ3) is 2.05. The number of halogens is 1. The minimum atomic E-state index is -2.67. The van der Waals surface area contributed by atoms with Gasteiger partial charge in [0.05, 0.1) is 0 Å². The molecule has 1 aliphatic heterocycles. The van der Waals surface area contributed by atoms with Gasteiger partial charge >= 0.3 is 0 Å². The summed E-state index contributed by atoms with van der Waals surface area (Å²) in [5.41, 5.74) is 3.27. The lowest BCUT2D eigenvalue weighted by atomic mass is 10.00. The predicted octanol–water partition coefficient (Wildman–Crippen LogP) is 4.83. The van der Waals surface area contributed by atoms with E-state index in [1.807, 2.05) is 66.7 Å². The minimum absolute atomic E-state index is 0.532.